The molecule has 1 aromatic heterocycles. The highest BCUT2D eigenvalue weighted by molar-refractivity contribution is 5.76. The van der Waals surface area contributed by atoms with Gasteiger partial charge in [-0.2, -0.15) is 0 Å². The average Bonchev–Trinajstić information content (AvgIpc) is 3.11. The second-order valence-electron chi connectivity index (χ2n) is 6.79. The van der Waals surface area contributed by atoms with Crippen LogP contribution in [0.2, 0.25) is 0 Å². The second kappa shape index (κ2) is 9.10. The summed E-state index contributed by atoms with van der Waals surface area (Å²) in [5, 5.41) is 3.16. The average molecular weight is 347 g/mol. The first-order valence-electron chi connectivity index (χ1n) is 9.38. The molecule has 0 unspecified atom stereocenters. The molecule has 2 saturated heterocycles. The van der Waals surface area contributed by atoms with E-state index in [9.17, 15) is 4.79 Å². The van der Waals surface area contributed by atoms with Crippen molar-refractivity contribution < 1.29 is 9.53 Å². The van der Waals surface area contributed by atoms with Gasteiger partial charge < -0.3 is 15.0 Å². The van der Waals surface area contributed by atoms with Crippen LogP contribution in [-0.2, 0) is 9.53 Å². The minimum Gasteiger partial charge on any atom is -0.379 e. The number of likely N-dealkylation sites (tertiary alicyclic amines) is 1. The Labute approximate surface area is 149 Å². The summed E-state index contributed by atoms with van der Waals surface area (Å²) in [4.78, 5) is 25.4. The van der Waals surface area contributed by atoms with Crippen molar-refractivity contribution in [1.82, 2.24) is 19.8 Å². The smallest absolute Gasteiger partial charge is 0.222 e. The Hall–Kier alpha value is -1.73. The number of morpholine rings is 1. The molecule has 1 amide bonds. The predicted molar refractivity (Wildman–Crippen MR) is 96.3 cm³/mol. The molecule has 0 spiro atoms. The molecule has 1 aromatic rings. The maximum Gasteiger partial charge on any atom is 0.222 e. The van der Waals surface area contributed by atoms with Gasteiger partial charge in [0, 0.05) is 57.6 Å². The molecule has 3 heterocycles. The highest BCUT2D eigenvalue weighted by Crippen LogP contribution is 2.26. The number of nitrogens with one attached hydrogen (secondary N) is 1. The van der Waals surface area contributed by atoms with Gasteiger partial charge in [-0.25, -0.2) is 9.97 Å². The van der Waals surface area contributed by atoms with Crippen LogP contribution in [0.3, 0.4) is 0 Å². The van der Waals surface area contributed by atoms with E-state index in [0.717, 1.165) is 52.2 Å². The first-order valence-corrected chi connectivity index (χ1v) is 9.38. The van der Waals surface area contributed by atoms with Crippen molar-refractivity contribution in [2.24, 2.45) is 5.92 Å². The fourth-order valence-electron chi connectivity index (χ4n) is 3.77. The van der Waals surface area contributed by atoms with Crippen LogP contribution in [0.15, 0.2) is 18.5 Å². The zero-order valence-corrected chi connectivity index (χ0v) is 15.1. The molecule has 1 N–H and O–H groups in total. The number of anilines is 1. The van der Waals surface area contributed by atoms with Crippen molar-refractivity contribution in [1.29, 1.82) is 0 Å². The van der Waals surface area contributed by atoms with Crippen LogP contribution in [0.5, 0.6) is 0 Å². The van der Waals surface area contributed by atoms with Crippen molar-refractivity contribution >= 4 is 11.9 Å². The second-order valence-corrected chi connectivity index (χ2v) is 6.79. The lowest BCUT2D eigenvalue weighted by molar-refractivity contribution is -0.130. The zero-order chi connectivity index (χ0) is 17.5. The summed E-state index contributed by atoms with van der Waals surface area (Å²) >= 11 is 0. The summed E-state index contributed by atoms with van der Waals surface area (Å²) < 4.78 is 5.47. The van der Waals surface area contributed by atoms with Gasteiger partial charge in [0.05, 0.1) is 13.2 Å². The number of rotatable bonds is 7. The Balaban J connectivity index is 1.42. The fraction of sp³-hybridized carbons (Fsp3) is 0.722. The van der Waals surface area contributed by atoms with E-state index in [1.165, 1.54) is 0 Å². The Morgan fingerprint density at radius 3 is 2.76 bits per heavy atom. The molecule has 2 aliphatic heterocycles. The van der Waals surface area contributed by atoms with E-state index in [2.05, 4.69) is 32.0 Å². The van der Waals surface area contributed by atoms with E-state index in [-0.39, 0.29) is 5.91 Å². The number of aromatic nitrogens is 2. The third-order valence-electron chi connectivity index (χ3n) is 5.21. The molecule has 0 radical (unpaired) electrons. The highest BCUT2D eigenvalue weighted by atomic mass is 16.5. The predicted octanol–water partition coefficient (Wildman–Crippen LogP) is 1.24. The van der Waals surface area contributed by atoms with Gasteiger partial charge in [-0.15, -0.1) is 0 Å². The third kappa shape index (κ3) is 4.89. The SMILES string of the molecule is CC[C@@H]1CN(C(=O)CCCNc2ncccn2)C[C@H]1N1CCOCC1. The molecule has 0 bridgehead atoms. The van der Waals surface area contributed by atoms with Gasteiger partial charge in [-0.3, -0.25) is 9.69 Å². The molecular formula is C18H29N5O2. The van der Waals surface area contributed by atoms with Crippen LogP contribution in [0.1, 0.15) is 26.2 Å². The van der Waals surface area contributed by atoms with Gasteiger partial charge in [0.25, 0.3) is 0 Å². The third-order valence-corrected chi connectivity index (χ3v) is 5.21. The maximum absolute atomic E-state index is 12.6. The van der Waals surface area contributed by atoms with E-state index in [1.54, 1.807) is 18.5 Å². The molecular weight excluding hydrogens is 318 g/mol. The van der Waals surface area contributed by atoms with Crippen LogP contribution in [0.25, 0.3) is 0 Å². The quantitative estimate of drug-likeness (QED) is 0.749. The van der Waals surface area contributed by atoms with E-state index in [1.807, 2.05) is 0 Å². The number of amides is 1. The van der Waals surface area contributed by atoms with Crippen molar-refractivity contribution in [2.75, 3.05) is 51.3 Å². The van der Waals surface area contributed by atoms with Crippen molar-refractivity contribution in [2.45, 2.75) is 32.2 Å². The van der Waals surface area contributed by atoms with E-state index < -0.39 is 0 Å². The van der Waals surface area contributed by atoms with E-state index >= 15 is 0 Å². The summed E-state index contributed by atoms with van der Waals surface area (Å²) in [6, 6.07) is 2.28. The molecule has 0 aromatic carbocycles. The van der Waals surface area contributed by atoms with Crippen LogP contribution in [0, 0.1) is 5.92 Å². The van der Waals surface area contributed by atoms with Crippen LogP contribution in [0.4, 0.5) is 5.95 Å². The summed E-state index contributed by atoms with van der Waals surface area (Å²) in [6.07, 6.45) is 5.92. The number of hydrogen-bond acceptors (Lipinski definition) is 6. The van der Waals surface area contributed by atoms with Crippen LogP contribution >= 0.6 is 0 Å². The molecule has 0 aliphatic carbocycles. The summed E-state index contributed by atoms with van der Waals surface area (Å²) in [5.41, 5.74) is 0. The number of nitrogens with zero attached hydrogens (tertiary/aromatic N) is 4. The van der Waals surface area contributed by atoms with Gasteiger partial charge in [0.1, 0.15) is 0 Å². The van der Waals surface area contributed by atoms with Crippen LogP contribution < -0.4 is 5.32 Å². The lowest BCUT2D eigenvalue weighted by atomic mass is 9.99. The van der Waals surface area contributed by atoms with Crippen molar-refractivity contribution in [3.05, 3.63) is 18.5 Å². The normalized spacial score (nSPS) is 24.4. The lowest BCUT2D eigenvalue weighted by Crippen LogP contribution is -2.47. The summed E-state index contributed by atoms with van der Waals surface area (Å²) in [5.74, 6) is 1.47. The highest BCUT2D eigenvalue weighted by Gasteiger charge is 2.37. The molecule has 138 valence electrons. The molecule has 7 heteroatoms. The summed E-state index contributed by atoms with van der Waals surface area (Å²) in [7, 11) is 0. The van der Waals surface area contributed by atoms with Gasteiger partial charge in [-0.1, -0.05) is 13.3 Å². The lowest BCUT2D eigenvalue weighted by Gasteiger charge is -2.34. The Kier molecular flexibility index (Phi) is 6.58. The van der Waals surface area contributed by atoms with Gasteiger partial charge in [0.2, 0.25) is 11.9 Å². The Morgan fingerprint density at radius 2 is 2.04 bits per heavy atom. The van der Waals surface area contributed by atoms with E-state index in [0.29, 0.717) is 30.9 Å². The van der Waals surface area contributed by atoms with Gasteiger partial charge in [0.15, 0.2) is 0 Å². The minimum atomic E-state index is 0.269. The van der Waals surface area contributed by atoms with Crippen molar-refractivity contribution in [3.63, 3.8) is 0 Å². The molecule has 25 heavy (non-hydrogen) atoms. The van der Waals surface area contributed by atoms with Crippen LogP contribution in [-0.4, -0.2) is 77.7 Å². The first-order chi connectivity index (χ1) is 12.3. The zero-order valence-electron chi connectivity index (χ0n) is 15.1. The number of ether oxygens (including phenoxy) is 1. The standard InChI is InChI=1S/C18H29N5O2/c1-2-15-13-23(14-16(15)22-9-11-25-12-10-22)17(24)5-3-6-19-18-20-7-4-8-21-18/h4,7-8,15-16H,2-3,5-6,9-14H2,1H3,(H,19,20,21)/t15-,16-/m1/s1. The Morgan fingerprint density at radius 1 is 1.28 bits per heavy atom. The summed E-state index contributed by atoms with van der Waals surface area (Å²) in [6.45, 7) is 8.32. The fourth-order valence-corrected chi connectivity index (χ4v) is 3.77. The van der Waals surface area contributed by atoms with Crippen molar-refractivity contribution in [3.8, 4) is 0 Å². The molecule has 7 nitrogen and oxygen atoms in total. The topological polar surface area (TPSA) is 70.6 Å². The maximum atomic E-state index is 12.6. The molecule has 0 saturated carbocycles. The first kappa shape index (κ1) is 18.1. The molecule has 2 fully saturated rings. The number of carbonyl (C=O) groups is 1. The molecule has 3 rings (SSSR count). The molecule has 2 aliphatic rings. The van der Waals surface area contributed by atoms with Gasteiger partial charge in [-0.05, 0) is 18.4 Å². The largest absolute Gasteiger partial charge is 0.379 e. The minimum absolute atomic E-state index is 0.269. The van der Waals surface area contributed by atoms with Gasteiger partial charge >= 0.3 is 0 Å². The number of carbonyl (C=O) groups excluding carboxylic acids is 1. The Bertz CT molecular complexity index is 536. The monoisotopic (exact) mass is 347 g/mol. The van der Waals surface area contributed by atoms with E-state index in [4.69, 9.17) is 4.74 Å². The number of hydrogen-bond donors (Lipinski definition) is 1. The molecule has 2 atom stereocenters.